The third-order valence-electron chi connectivity index (χ3n) is 4.54. The fourth-order valence-corrected chi connectivity index (χ4v) is 2.92. The number of halogens is 1. The molecule has 7 heteroatoms. The van der Waals surface area contributed by atoms with E-state index in [1.54, 1.807) is 36.4 Å². The Balaban J connectivity index is 1.56. The number of carbonyl (C=O) groups is 3. The van der Waals surface area contributed by atoms with Crippen LogP contribution in [0.5, 0.6) is 0 Å². The van der Waals surface area contributed by atoms with Crippen molar-refractivity contribution in [2.75, 3.05) is 17.2 Å². The topological polar surface area (TPSA) is 87.3 Å². The van der Waals surface area contributed by atoms with Gasteiger partial charge in [-0.2, -0.15) is 0 Å². The van der Waals surface area contributed by atoms with Crippen LogP contribution in [0.3, 0.4) is 0 Å². The number of benzene rings is 2. The minimum absolute atomic E-state index is 0.227. The molecule has 0 heterocycles. The molecular weight excluding hydrogens is 349 g/mol. The summed E-state index contributed by atoms with van der Waals surface area (Å²) < 4.78 is 13.1. The Hall–Kier alpha value is -3.22. The average molecular weight is 369 g/mol. The van der Waals surface area contributed by atoms with Gasteiger partial charge in [0.2, 0.25) is 5.91 Å². The van der Waals surface area contributed by atoms with Crippen molar-refractivity contribution in [3.63, 3.8) is 0 Å². The van der Waals surface area contributed by atoms with Gasteiger partial charge in [-0.1, -0.05) is 18.2 Å². The monoisotopic (exact) mass is 369 g/mol. The fraction of sp³-hybridized carbons (Fsp3) is 0.250. The second-order valence-corrected chi connectivity index (χ2v) is 6.69. The highest BCUT2D eigenvalue weighted by Gasteiger charge is 2.44. The van der Waals surface area contributed by atoms with Crippen LogP contribution in [0.2, 0.25) is 0 Å². The van der Waals surface area contributed by atoms with E-state index in [1.165, 1.54) is 19.1 Å². The Morgan fingerprint density at radius 1 is 0.963 bits per heavy atom. The number of nitrogens with one attached hydrogen (secondary N) is 3. The number of amides is 3. The van der Waals surface area contributed by atoms with Crippen LogP contribution in [0.1, 0.15) is 25.3 Å². The largest absolute Gasteiger partial charge is 0.347 e. The molecule has 3 amide bonds. The summed E-state index contributed by atoms with van der Waals surface area (Å²) in [7, 11) is 0. The molecule has 0 bridgehead atoms. The SMILES string of the molecule is CC(=O)Nc1cccc(NC(=O)C(=O)NCC2(c3ccc(F)cc3)CC2)c1. The number of anilines is 2. The lowest BCUT2D eigenvalue weighted by atomic mass is 9.96. The maximum absolute atomic E-state index is 13.1. The molecule has 2 aromatic carbocycles. The number of hydrogen-bond acceptors (Lipinski definition) is 3. The highest BCUT2D eigenvalue weighted by Crippen LogP contribution is 2.47. The standard InChI is InChI=1S/C20H20FN3O3/c1-13(25)23-16-3-2-4-17(11-16)24-19(27)18(26)22-12-20(9-10-20)14-5-7-15(21)8-6-14/h2-8,11H,9-10,12H2,1H3,(H,22,26)(H,23,25)(H,24,27). The lowest BCUT2D eigenvalue weighted by molar-refractivity contribution is -0.136. The molecule has 2 aromatic rings. The first kappa shape index (κ1) is 18.6. The van der Waals surface area contributed by atoms with Gasteiger partial charge in [-0.05, 0) is 48.7 Å². The van der Waals surface area contributed by atoms with Gasteiger partial charge >= 0.3 is 11.8 Å². The number of hydrogen-bond donors (Lipinski definition) is 3. The summed E-state index contributed by atoms with van der Waals surface area (Å²) in [6, 6.07) is 12.7. The van der Waals surface area contributed by atoms with Crippen molar-refractivity contribution in [2.45, 2.75) is 25.2 Å². The van der Waals surface area contributed by atoms with Crippen molar-refractivity contribution in [2.24, 2.45) is 0 Å². The quantitative estimate of drug-likeness (QED) is 0.708. The second-order valence-electron chi connectivity index (χ2n) is 6.69. The molecule has 0 saturated heterocycles. The normalized spacial score (nSPS) is 14.1. The number of rotatable bonds is 5. The van der Waals surface area contributed by atoms with Crippen molar-refractivity contribution in [1.29, 1.82) is 0 Å². The molecule has 1 aliphatic carbocycles. The maximum Gasteiger partial charge on any atom is 0.313 e. The Kier molecular flexibility index (Phi) is 5.21. The predicted molar refractivity (Wildman–Crippen MR) is 99.7 cm³/mol. The summed E-state index contributed by atoms with van der Waals surface area (Å²) in [4.78, 5) is 35.3. The van der Waals surface area contributed by atoms with E-state index in [0.29, 0.717) is 17.9 Å². The van der Waals surface area contributed by atoms with Gasteiger partial charge in [0.15, 0.2) is 0 Å². The second kappa shape index (κ2) is 7.57. The molecule has 1 aliphatic rings. The summed E-state index contributed by atoms with van der Waals surface area (Å²) >= 11 is 0. The third kappa shape index (κ3) is 4.69. The van der Waals surface area contributed by atoms with Crippen molar-refractivity contribution in [1.82, 2.24) is 5.32 Å². The van der Waals surface area contributed by atoms with Crippen LogP contribution in [0.25, 0.3) is 0 Å². The highest BCUT2D eigenvalue weighted by atomic mass is 19.1. The molecule has 0 unspecified atom stereocenters. The van der Waals surface area contributed by atoms with Crippen LogP contribution >= 0.6 is 0 Å². The lowest BCUT2D eigenvalue weighted by Gasteiger charge is -2.16. The minimum Gasteiger partial charge on any atom is -0.347 e. The van der Waals surface area contributed by atoms with Gasteiger partial charge < -0.3 is 16.0 Å². The van der Waals surface area contributed by atoms with E-state index in [1.807, 2.05) is 0 Å². The predicted octanol–water partition coefficient (Wildman–Crippen LogP) is 2.57. The lowest BCUT2D eigenvalue weighted by Crippen LogP contribution is -2.39. The van der Waals surface area contributed by atoms with Gasteiger partial charge in [-0.3, -0.25) is 14.4 Å². The van der Waals surface area contributed by atoms with Gasteiger partial charge in [-0.25, -0.2) is 4.39 Å². The molecule has 0 atom stereocenters. The van der Waals surface area contributed by atoms with Gasteiger partial charge in [0.25, 0.3) is 0 Å². The van der Waals surface area contributed by atoms with E-state index < -0.39 is 11.8 Å². The minimum atomic E-state index is -0.787. The van der Waals surface area contributed by atoms with Crippen LogP contribution in [0, 0.1) is 5.82 Å². The summed E-state index contributed by atoms with van der Waals surface area (Å²) in [6.45, 7) is 1.70. The molecular formula is C20H20FN3O3. The molecule has 1 fully saturated rings. The maximum atomic E-state index is 13.1. The molecule has 27 heavy (non-hydrogen) atoms. The molecule has 140 valence electrons. The van der Waals surface area contributed by atoms with Gasteiger partial charge in [0, 0.05) is 30.3 Å². The van der Waals surface area contributed by atoms with E-state index in [9.17, 15) is 18.8 Å². The van der Waals surface area contributed by atoms with Crippen LogP contribution < -0.4 is 16.0 Å². The molecule has 3 rings (SSSR count). The highest BCUT2D eigenvalue weighted by molar-refractivity contribution is 6.39. The zero-order chi connectivity index (χ0) is 19.4. The first-order valence-electron chi connectivity index (χ1n) is 8.61. The number of carbonyl (C=O) groups excluding carboxylic acids is 3. The van der Waals surface area contributed by atoms with Crippen LogP contribution in [0.4, 0.5) is 15.8 Å². The Bertz CT molecular complexity index is 876. The smallest absolute Gasteiger partial charge is 0.313 e. The molecule has 6 nitrogen and oxygen atoms in total. The van der Waals surface area contributed by atoms with Crippen LogP contribution in [-0.4, -0.2) is 24.3 Å². The van der Waals surface area contributed by atoms with Gasteiger partial charge in [0.1, 0.15) is 5.82 Å². The molecule has 0 spiro atoms. The van der Waals surface area contributed by atoms with E-state index in [2.05, 4.69) is 16.0 Å². The van der Waals surface area contributed by atoms with Gasteiger partial charge in [0.05, 0.1) is 0 Å². The summed E-state index contributed by atoms with van der Waals surface area (Å²) in [5, 5.41) is 7.76. The van der Waals surface area contributed by atoms with E-state index in [4.69, 9.17) is 0 Å². The summed E-state index contributed by atoms with van der Waals surface area (Å²) in [5.74, 6) is -2.07. The van der Waals surface area contributed by atoms with E-state index in [0.717, 1.165) is 18.4 Å². The van der Waals surface area contributed by atoms with E-state index >= 15 is 0 Å². The Labute approximate surface area is 156 Å². The zero-order valence-corrected chi connectivity index (χ0v) is 14.8. The zero-order valence-electron chi connectivity index (χ0n) is 14.8. The van der Waals surface area contributed by atoms with Crippen LogP contribution in [-0.2, 0) is 19.8 Å². The van der Waals surface area contributed by atoms with E-state index in [-0.39, 0.29) is 17.1 Å². The molecule has 1 saturated carbocycles. The molecule has 0 radical (unpaired) electrons. The van der Waals surface area contributed by atoms with Crippen molar-refractivity contribution in [3.8, 4) is 0 Å². The summed E-state index contributed by atoms with van der Waals surface area (Å²) in [6.07, 6.45) is 1.75. The fourth-order valence-electron chi connectivity index (χ4n) is 2.92. The third-order valence-corrected chi connectivity index (χ3v) is 4.54. The first-order chi connectivity index (χ1) is 12.9. The van der Waals surface area contributed by atoms with Crippen molar-refractivity contribution < 1.29 is 18.8 Å². The first-order valence-corrected chi connectivity index (χ1v) is 8.61. The Morgan fingerprint density at radius 2 is 1.59 bits per heavy atom. The molecule has 0 aromatic heterocycles. The average Bonchev–Trinajstić information content (AvgIpc) is 3.41. The van der Waals surface area contributed by atoms with Crippen molar-refractivity contribution in [3.05, 3.63) is 59.9 Å². The van der Waals surface area contributed by atoms with Crippen LogP contribution in [0.15, 0.2) is 48.5 Å². The Morgan fingerprint density at radius 3 is 2.19 bits per heavy atom. The molecule has 0 aliphatic heterocycles. The summed E-state index contributed by atoms with van der Waals surface area (Å²) in [5.41, 5.74) is 1.65. The molecule has 3 N–H and O–H groups in total. The van der Waals surface area contributed by atoms with Crippen molar-refractivity contribution >= 4 is 29.1 Å². The van der Waals surface area contributed by atoms with Gasteiger partial charge in [-0.15, -0.1) is 0 Å².